The molecule has 0 saturated heterocycles. The maximum Gasteiger partial charge on any atom is 0.261 e. The summed E-state index contributed by atoms with van der Waals surface area (Å²) < 4.78 is 5.74. The molecule has 0 radical (unpaired) electrons. The molecule has 0 spiro atoms. The van der Waals surface area contributed by atoms with Gasteiger partial charge in [-0.15, -0.1) is 0 Å². The molecule has 1 aromatic rings. The number of alkyl halides is 1. The molecule has 1 aliphatic heterocycles. The quantitative estimate of drug-likeness (QED) is 0.869. The van der Waals surface area contributed by atoms with Crippen molar-refractivity contribution in [1.29, 1.82) is 0 Å². The topological polar surface area (TPSA) is 38.3 Å². The first-order valence-electron chi connectivity index (χ1n) is 6.85. The van der Waals surface area contributed by atoms with Crippen molar-refractivity contribution < 1.29 is 9.53 Å². The van der Waals surface area contributed by atoms with E-state index in [2.05, 4.69) is 21.2 Å². The molecule has 19 heavy (non-hydrogen) atoms. The highest BCUT2D eigenvalue weighted by molar-refractivity contribution is 9.09. The Bertz CT molecular complexity index is 458. The van der Waals surface area contributed by atoms with Gasteiger partial charge in [-0.2, -0.15) is 0 Å². The molecular weight excluding hydrogens is 306 g/mol. The third kappa shape index (κ3) is 2.50. The lowest BCUT2D eigenvalue weighted by atomic mass is 9.99. The van der Waals surface area contributed by atoms with Crippen LogP contribution >= 0.6 is 15.9 Å². The number of amides is 1. The zero-order valence-electron chi connectivity index (χ0n) is 10.8. The molecule has 0 aromatic heterocycles. The Morgan fingerprint density at radius 2 is 2.11 bits per heavy atom. The second-order valence-electron chi connectivity index (χ2n) is 5.53. The summed E-state index contributed by atoms with van der Waals surface area (Å²) in [6.45, 7) is 0. The van der Waals surface area contributed by atoms with Gasteiger partial charge in [0.2, 0.25) is 0 Å². The minimum Gasteiger partial charge on any atom is -0.480 e. The first-order chi connectivity index (χ1) is 9.22. The van der Waals surface area contributed by atoms with Gasteiger partial charge < -0.3 is 10.1 Å². The SMILES string of the molecule is O=C(NC1(CBr)CCCC1)C1Cc2ccccc2O1. The molecule has 1 saturated carbocycles. The van der Waals surface area contributed by atoms with Crippen molar-refractivity contribution in [3.05, 3.63) is 29.8 Å². The Balaban J connectivity index is 1.67. The number of ether oxygens (including phenoxy) is 1. The van der Waals surface area contributed by atoms with E-state index in [4.69, 9.17) is 4.74 Å². The average molecular weight is 324 g/mol. The molecule has 1 aliphatic carbocycles. The van der Waals surface area contributed by atoms with Gasteiger partial charge >= 0.3 is 0 Å². The molecule has 3 nitrogen and oxygen atoms in total. The minimum atomic E-state index is -0.367. The fourth-order valence-corrected chi connectivity index (χ4v) is 3.71. The number of para-hydroxylation sites is 1. The predicted molar refractivity (Wildman–Crippen MR) is 77.7 cm³/mol. The van der Waals surface area contributed by atoms with Crippen LogP contribution in [-0.2, 0) is 11.2 Å². The van der Waals surface area contributed by atoms with Crippen molar-refractivity contribution in [3.63, 3.8) is 0 Å². The number of nitrogens with one attached hydrogen (secondary N) is 1. The lowest BCUT2D eigenvalue weighted by Crippen LogP contribution is -2.52. The van der Waals surface area contributed by atoms with E-state index in [0.29, 0.717) is 6.42 Å². The van der Waals surface area contributed by atoms with Gasteiger partial charge in [-0.25, -0.2) is 0 Å². The van der Waals surface area contributed by atoms with E-state index >= 15 is 0 Å². The van der Waals surface area contributed by atoms with E-state index in [0.717, 1.165) is 29.5 Å². The number of fused-ring (bicyclic) bond motifs is 1. The van der Waals surface area contributed by atoms with Gasteiger partial charge in [0, 0.05) is 17.3 Å². The van der Waals surface area contributed by atoms with E-state index < -0.39 is 0 Å². The monoisotopic (exact) mass is 323 g/mol. The first kappa shape index (κ1) is 13.0. The van der Waals surface area contributed by atoms with Crippen molar-refractivity contribution in [1.82, 2.24) is 5.32 Å². The lowest BCUT2D eigenvalue weighted by Gasteiger charge is -2.29. The third-order valence-electron chi connectivity index (χ3n) is 4.14. The summed E-state index contributed by atoms with van der Waals surface area (Å²) in [5, 5.41) is 4.03. The van der Waals surface area contributed by atoms with Crippen LogP contribution in [0.1, 0.15) is 31.2 Å². The molecule has 1 aromatic carbocycles. The largest absolute Gasteiger partial charge is 0.480 e. The minimum absolute atomic E-state index is 0.0255. The molecule has 3 rings (SSSR count). The molecule has 1 amide bonds. The average Bonchev–Trinajstić information content (AvgIpc) is 3.05. The Labute approximate surface area is 121 Å². The van der Waals surface area contributed by atoms with Crippen LogP contribution in [0.15, 0.2) is 24.3 Å². The number of rotatable bonds is 3. The van der Waals surface area contributed by atoms with Gasteiger partial charge in [0.1, 0.15) is 5.75 Å². The Kier molecular flexibility index (Phi) is 3.52. The number of carbonyl (C=O) groups excluding carboxylic acids is 1. The third-order valence-corrected chi connectivity index (χ3v) is 5.22. The van der Waals surface area contributed by atoms with Crippen molar-refractivity contribution in [2.45, 2.75) is 43.7 Å². The van der Waals surface area contributed by atoms with Crippen LogP contribution in [0, 0.1) is 0 Å². The molecule has 102 valence electrons. The molecule has 1 atom stereocenters. The number of benzene rings is 1. The summed E-state index contributed by atoms with van der Waals surface area (Å²) in [7, 11) is 0. The predicted octanol–water partition coefficient (Wildman–Crippen LogP) is 2.81. The molecule has 1 heterocycles. The lowest BCUT2D eigenvalue weighted by molar-refractivity contribution is -0.128. The zero-order chi connectivity index (χ0) is 13.3. The summed E-state index contributed by atoms with van der Waals surface area (Å²) in [5.41, 5.74) is 1.07. The second-order valence-corrected chi connectivity index (χ2v) is 6.09. The van der Waals surface area contributed by atoms with Crippen LogP contribution in [-0.4, -0.2) is 22.9 Å². The van der Waals surface area contributed by atoms with Gasteiger partial charge in [-0.1, -0.05) is 47.0 Å². The van der Waals surface area contributed by atoms with Gasteiger partial charge in [-0.3, -0.25) is 4.79 Å². The molecule has 1 N–H and O–H groups in total. The maximum atomic E-state index is 12.4. The highest BCUT2D eigenvalue weighted by atomic mass is 79.9. The van der Waals surface area contributed by atoms with Gasteiger partial charge in [0.25, 0.3) is 5.91 Å². The van der Waals surface area contributed by atoms with E-state index in [1.807, 2.05) is 24.3 Å². The highest BCUT2D eigenvalue weighted by Gasteiger charge is 2.38. The second kappa shape index (κ2) is 5.16. The van der Waals surface area contributed by atoms with E-state index in [1.54, 1.807) is 0 Å². The van der Waals surface area contributed by atoms with Crippen molar-refractivity contribution >= 4 is 21.8 Å². The molecular formula is C15H18BrNO2. The molecule has 1 unspecified atom stereocenters. The number of hydrogen-bond acceptors (Lipinski definition) is 2. The highest BCUT2D eigenvalue weighted by Crippen LogP contribution is 2.33. The van der Waals surface area contributed by atoms with Crippen LogP contribution in [0.4, 0.5) is 0 Å². The Morgan fingerprint density at radius 3 is 2.79 bits per heavy atom. The molecule has 4 heteroatoms. The Hall–Kier alpha value is -1.03. The normalized spacial score (nSPS) is 23.7. The van der Waals surface area contributed by atoms with Crippen LogP contribution in [0.25, 0.3) is 0 Å². The Morgan fingerprint density at radius 1 is 1.37 bits per heavy atom. The summed E-state index contributed by atoms with van der Waals surface area (Å²) in [6, 6.07) is 7.88. The number of carbonyl (C=O) groups is 1. The van der Waals surface area contributed by atoms with E-state index in [-0.39, 0.29) is 17.6 Å². The maximum absolute atomic E-state index is 12.4. The van der Waals surface area contributed by atoms with Gasteiger partial charge in [0.05, 0.1) is 0 Å². The van der Waals surface area contributed by atoms with Crippen molar-refractivity contribution in [3.8, 4) is 5.75 Å². The summed E-state index contributed by atoms with van der Waals surface area (Å²) in [6.07, 6.45) is 4.82. The number of halogens is 1. The van der Waals surface area contributed by atoms with Crippen LogP contribution in [0.5, 0.6) is 5.75 Å². The van der Waals surface area contributed by atoms with E-state index in [1.165, 1.54) is 12.8 Å². The fraction of sp³-hybridized carbons (Fsp3) is 0.533. The summed E-state index contributed by atoms with van der Waals surface area (Å²) in [4.78, 5) is 12.4. The standard InChI is InChI=1S/C15H18BrNO2/c16-10-15(7-3-4-8-15)17-14(18)13-9-11-5-1-2-6-12(11)19-13/h1-2,5-6,13H,3-4,7-10H2,(H,17,18). The smallest absolute Gasteiger partial charge is 0.261 e. The van der Waals surface area contributed by atoms with Gasteiger partial charge in [0.15, 0.2) is 6.10 Å². The molecule has 0 bridgehead atoms. The summed E-state index contributed by atoms with van der Waals surface area (Å²) >= 11 is 3.54. The molecule has 1 fully saturated rings. The first-order valence-corrected chi connectivity index (χ1v) is 7.97. The zero-order valence-corrected chi connectivity index (χ0v) is 12.4. The van der Waals surface area contributed by atoms with Crippen molar-refractivity contribution in [2.24, 2.45) is 0 Å². The van der Waals surface area contributed by atoms with Crippen LogP contribution in [0.2, 0.25) is 0 Å². The van der Waals surface area contributed by atoms with Crippen LogP contribution < -0.4 is 10.1 Å². The number of hydrogen-bond donors (Lipinski definition) is 1. The van der Waals surface area contributed by atoms with Crippen molar-refractivity contribution in [2.75, 3.05) is 5.33 Å². The van der Waals surface area contributed by atoms with E-state index in [9.17, 15) is 4.79 Å². The molecule has 2 aliphatic rings. The van der Waals surface area contributed by atoms with Gasteiger partial charge in [-0.05, 0) is 24.5 Å². The van der Waals surface area contributed by atoms with Crippen LogP contribution in [0.3, 0.4) is 0 Å². The summed E-state index contributed by atoms with van der Waals surface area (Å²) in [5.74, 6) is 0.875. The fourth-order valence-electron chi connectivity index (χ4n) is 3.01.